The molecule has 0 saturated heterocycles. The summed E-state index contributed by atoms with van der Waals surface area (Å²) in [6.07, 6.45) is 0.915. The Bertz CT molecular complexity index is 641. The third-order valence-corrected chi connectivity index (χ3v) is 5.21. The molecule has 116 valence electrons. The fraction of sp³-hybridized carbons (Fsp3) is 0.500. The van der Waals surface area contributed by atoms with E-state index >= 15 is 0 Å². The summed E-state index contributed by atoms with van der Waals surface area (Å²) in [5.74, 6) is 5.63. The summed E-state index contributed by atoms with van der Waals surface area (Å²) in [6, 6.07) is 4.70. The lowest BCUT2D eigenvalue weighted by Gasteiger charge is -2.20. The van der Waals surface area contributed by atoms with Gasteiger partial charge in [0.1, 0.15) is 6.61 Å². The van der Waals surface area contributed by atoms with Crippen molar-refractivity contribution >= 4 is 10.0 Å². The van der Waals surface area contributed by atoms with Crippen LogP contribution in [0.4, 0.5) is 0 Å². The fourth-order valence-electron chi connectivity index (χ4n) is 1.86. The molecule has 1 rings (SSSR count). The van der Waals surface area contributed by atoms with Gasteiger partial charge < -0.3 is 5.11 Å². The molecule has 21 heavy (non-hydrogen) atoms. The van der Waals surface area contributed by atoms with Gasteiger partial charge in [-0.3, -0.25) is 0 Å². The van der Waals surface area contributed by atoms with Crippen molar-refractivity contribution in [2.45, 2.75) is 45.1 Å². The minimum atomic E-state index is -3.52. The smallest absolute Gasteiger partial charge is 0.240 e. The molecule has 2 atom stereocenters. The number of benzene rings is 1. The maximum atomic E-state index is 12.4. The second kappa shape index (κ2) is 7.60. The van der Waals surface area contributed by atoms with Gasteiger partial charge in [0.05, 0.1) is 4.90 Å². The average molecular weight is 309 g/mol. The van der Waals surface area contributed by atoms with Gasteiger partial charge in [-0.1, -0.05) is 32.1 Å². The van der Waals surface area contributed by atoms with Crippen molar-refractivity contribution < 1.29 is 13.5 Å². The van der Waals surface area contributed by atoms with Crippen molar-refractivity contribution in [1.82, 2.24) is 4.72 Å². The van der Waals surface area contributed by atoms with Gasteiger partial charge in [-0.15, -0.1) is 0 Å². The van der Waals surface area contributed by atoms with E-state index in [1.807, 2.05) is 20.8 Å². The topological polar surface area (TPSA) is 66.4 Å². The maximum absolute atomic E-state index is 12.4. The number of sulfonamides is 1. The molecule has 2 unspecified atom stereocenters. The number of rotatable bonds is 5. The zero-order valence-electron chi connectivity index (χ0n) is 13.0. The molecule has 0 aliphatic heterocycles. The van der Waals surface area contributed by atoms with Gasteiger partial charge in [-0.2, -0.15) is 0 Å². The second-order valence-electron chi connectivity index (χ2n) is 5.23. The van der Waals surface area contributed by atoms with Gasteiger partial charge in [-0.25, -0.2) is 13.1 Å². The van der Waals surface area contributed by atoms with Gasteiger partial charge in [0.15, 0.2) is 0 Å². The zero-order valence-corrected chi connectivity index (χ0v) is 13.8. The van der Waals surface area contributed by atoms with Crippen molar-refractivity contribution in [3.05, 3.63) is 29.3 Å². The second-order valence-corrected chi connectivity index (χ2v) is 6.95. The quantitative estimate of drug-likeness (QED) is 0.818. The summed E-state index contributed by atoms with van der Waals surface area (Å²) in [4.78, 5) is 0.240. The van der Waals surface area contributed by atoms with Crippen LogP contribution in [0.25, 0.3) is 0 Å². The highest BCUT2D eigenvalue weighted by Gasteiger charge is 2.20. The molecular formula is C16H23NO3S. The lowest BCUT2D eigenvalue weighted by molar-refractivity contribution is 0.350. The largest absolute Gasteiger partial charge is 0.384 e. The van der Waals surface area contributed by atoms with E-state index < -0.39 is 10.0 Å². The number of hydrogen-bond acceptors (Lipinski definition) is 3. The summed E-state index contributed by atoms with van der Waals surface area (Å²) in [5.41, 5.74) is 1.49. The molecule has 0 aliphatic carbocycles. The molecule has 0 radical (unpaired) electrons. The molecular weight excluding hydrogens is 286 g/mol. The van der Waals surface area contributed by atoms with Gasteiger partial charge in [0.25, 0.3) is 0 Å². The third kappa shape index (κ3) is 4.85. The van der Waals surface area contributed by atoms with Crippen LogP contribution >= 0.6 is 0 Å². The lowest BCUT2D eigenvalue weighted by atomic mass is 10.0. The minimum absolute atomic E-state index is 0.117. The fourth-order valence-corrected chi connectivity index (χ4v) is 3.30. The van der Waals surface area contributed by atoms with Crippen LogP contribution < -0.4 is 4.72 Å². The summed E-state index contributed by atoms with van der Waals surface area (Å²) in [6.45, 7) is 7.52. The Kier molecular flexibility index (Phi) is 6.41. The van der Waals surface area contributed by atoms with E-state index in [9.17, 15) is 8.42 Å². The molecule has 0 bridgehead atoms. The number of nitrogens with one attached hydrogen (secondary N) is 1. The number of aliphatic hydroxyl groups excluding tert-OH is 1. The predicted octanol–water partition coefficient (Wildman–Crippen LogP) is 2.05. The van der Waals surface area contributed by atoms with Crippen molar-refractivity contribution in [1.29, 1.82) is 0 Å². The third-order valence-electron chi connectivity index (χ3n) is 3.65. The highest BCUT2D eigenvalue weighted by atomic mass is 32.2. The first-order chi connectivity index (χ1) is 9.81. The van der Waals surface area contributed by atoms with Crippen LogP contribution in [0.5, 0.6) is 0 Å². The lowest BCUT2D eigenvalue weighted by Crippen LogP contribution is -2.36. The van der Waals surface area contributed by atoms with Gasteiger partial charge >= 0.3 is 0 Å². The van der Waals surface area contributed by atoms with Crippen LogP contribution in [-0.2, 0) is 10.0 Å². The first-order valence-electron chi connectivity index (χ1n) is 7.04. The first-order valence-corrected chi connectivity index (χ1v) is 8.52. The molecule has 5 heteroatoms. The van der Waals surface area contributed by atoms with E-state index in [4.69, 9.17) is 5.11 Å². The van der Waals surface area contributed by atoms with E-state index in [1.165, 1.54) is 0 Å². The Hall–Kier alpha value is -1.35. The van der Waals surface area contributed by atoms with Crippen LogP contribution in [0.3, 0.4) is 0 Å². The molecule has 0 amide bonds. The van der Waals surface area contributed by atoms with Gasteiger partial charge in [-0.05, 0) is 43.5 Å². The van der Waals surface area contributed by atoms with E-state index in [0.29, 0.717) is 0 Å². The zero-order chi connectivity index (χ0) is 16.0. The standard InChI is InChI=1S/C16H23NO3S/c1-5-12(2)14(4)17-21(19,20)16-9-8-15(7-6-10-18)13(3)11-16/h8-9,11-12,14,17-18H,5,10H2,1-4H3. The molecule has 0 aromatic heterocycles. The Morgan fingerprint density at radius 2 is 2.00 bits per heavy atom. The molecule has 0 saturated carbocycles. The van der Waals surface area contributed by atoms with E-state index in [-0.39, 0.29) is 23.5 Å². The van der Waals surface area contributed by atoms with Crippen LogP contribution in [0.15, 0.2) is 23.1 Å². The van der Waals surface area contributed by atoms with Crippen LogP contribution in [0, 0.1) is 24.7 Å². The van der Waals surface area contributed by atoms with Crippen molar-refractivity contribution in [2.75, 3.05) is 6.61 Å². The van der Waals surface area contributed by atoms with Gasteiger partial charge in [0, 0.05) is 11.6 Å². The SMILES string of the molecule is CCC(C)C(C)NS(=O)(=O)c1ccc(C#CCO)c(C)c1. The molecule has 0 spiro atoms. The van der Waals surface area contributed by atoms with Crippen molar-refractivity contribution in [3.8, 4) is 11.8 Å². The Balaban J connectivity index is 3.02. The molecule has 1 aromatic carbocycles. The number of hydrogen-bond donors (Lipinski definition) is 2. The summed E-state index contributed by atoms with van der Waals surface area (Å²) in [5, 5.41) is 8.70. The Labute approximate surface area is 127 Å². The van der Waals surface area contributed by atoms with E-state index in [0.717, 1.165) is 17.5 Å². The number of aryl methyl sites for hydroxylation is 1. The molecule has 4 nitrogen and oxygen atoms in total. The Morgan fingerprint density at radius 3 is 2.52 bits per heavy atom. The highest BCUT2D eigenvalue weighted by molar-refractivity contribution is 7.89. The molecule has 0 aliphatic rings. The summed E-state index contributed by atoms with van der Waals surface area (Å²) >= 11 is 0. The van der Waals surface area contributed by atoms with Gasteiger partial charge in [0.2, 0.25) is 10.0 Å². The molecule has 2 N–H and O–H groups in total. The molecule has 0 fully saturated rings. The van der Waals surface area contributed by atoms with Crippen LogP contribution in [0.1, 0.15) is 38.3 Å². The van der Waals surface area contributed by atoms with Crippen molar-refractivity contribution in [2.24, 2.45) is 5.92 Å². The average Bonchev–Trinajstić information content (AvgIpc) is 2.44. The molecule has 0 heterocycles. The van der Waals surface area contributed by atoms with Crippen LogP contribution in [-0.4, -0.2) is 26.2 Å². The van der Waals surface area contributed by atoms with Crippen LogP contribution in [0.2, 0.25) is 0 Å². The Morgan fingerprint density at radius 1 is 1.33 bits per heavy atom. The van der Waals surface area contributed by atoms with Crippen molar-refractivity contribution in [3.63, 3.8) is 0 Å². The van der Waals surface area contributed by atoms with E-state index in [2.05, 4.69) is 16.6 Å². The normalized spacial score (nSPS) is 14.1. The monoisotopic (exact) mass is 309 g/mol. The first kappa shape index (κ1) is 17.7. The molecule has 1 aromatic rings. The summed E-state index contributed by atoms with van der Waals surface area (Å²) in [7, 11) is -3.52. The predicted molar refractivity (Wildman–Crippen MR) is 84.4 cm³/mol. The number of aliphatic hydroxyl groups is 1. The van der Waals surface area contributed by atoms with E-state index in [1.54, 1.807) is 25.1 Å². The maximum Gasteiger partial charge on any atom is 0.240 e. The summed E-state index contributed by atoms with van der Waals surface area (Å²) < 4.78 is 27.4. The minimum Gasteiger partial charge on any atom is -0.384 e. The highest BCUT2D eigenvalue weighted by Crippen LogP contribution is 2.17.